The minimum absolute atomic E-state index is 0.0808. The number of benzene rings is 1. The van der Waals surface area contributed by atoms with Crippen molar-refractivity contribution < 1.29 is 22.8 Å². The van der Waals surface area contributed by atoms with Crippen LogP contribution in [0, 0.1) is 0 Å². The largest absolute Gasteiger partial charge is 0.405 e. The van der Waals surface area contributed by atoms with Gasteiger partial charge in [-0.3, -0.25) is 9.59 Å². The zero-order valence-corrected chi connectivity index (χ0v) is 12.3. The van der Waals surface area contributed by atoms with Crippen LogP contribution in [-0.2, 0) is 0 Å². The Labute approximate surface area is 133 Å². The van der Waals surface area contributed by atoms with E-state index in [1.54, 1.807) is 5.32 Å². The third-order valence-electron chi connectivity index (χ3n) is 2.76. The van der Waals surface area contributed by atoms with Gasteiger partial charge in [0.15, 0.2) is 0 Å². The summed E-state index contributed by atoms with van der Waals surface area (Å²) in [6.07, 6.45) is -3.12. The van der Waals surface area contributed by atoms with E-state index in [1.807, 2.05) is 0 Å². The summed E-state index contributed by atoms with van der Waals surface area (Å²) in [4.78, 5) is 26.5. The lowest BCUT2D eigenvalue weighted by molar-refractivity contribution is -0.123. The molecule has 0 atom stereocenters. The molecule has 2 amide bonds. The summed E-state index contributed by atoms with van der Waals surface area (Å²) >= 11 is 5.69. The van der Waals surface area contributed by atoms with Gasteiger partial charge in [0, 0.05) is 6.20 Å². The monoisotopic (exact) mass is 345 g/mol. The summed E-state index contributed by atoms with van der Waals surface area (Å²) in [7, 11) is 0. The predicted molar refractivity (Wildman–Crippen MR) is 78.6 cm³/mol. The Morgan fingerprint density at radius 2 is 1.87 bits per heavy atom. The zero-order chi connectivity index (χ0) is 17.0. The van der Waals surface area contributed by atoms with E-state index in [-0.39, 0.29) is 16.9 Å². The topological polar surface area (TPSA) is 74.0 Å². The maximum Gasteiger partial charge on any atom is 0.405 e. The number of aromatic nitrogens is 1. The number of rotatable bonds is 4. The number of amides is 2. The number of carbonyl (C=O) groups is 2. The molecule has 0 aliphatic carbocycles. The van der Waals surface area contributed by atoms with E-state index in [9.17, 15) is 22.8 Å². The molecule has 2 rings (SSSR count). The first-order valence-corrected chi connectivity index (χ1v) is 6.73. The normalized spacial score (nSPS) is 11.1. The van der Waals surface area contributed by atoms with E-state index in [0.29, 0.717) is 5.02 Å². The van der Waals surface area contributed by atoms with Crippen LogP contribution < -0.4 is 10.6 Å². The zero-order valence-electron chi connectivity index (χ0n) is 11.5. The quantitative estimate of drug-likeness (QED) is 0.796. The highest BCUT2D eigenvalue weighted by atomic mass is 35.5. The highest BCUT2D eigenvalue weighted by Crippen LogP contribution is 2.18. The molecule has 0 fully saturated rings. The van der Waals surface area contributed by atoms with Crippen LogP contribution in [0.5, 0.6) is 0 Å². The summed E-state index contributed by atoms with van der Waals surface area (Å²) in [5.41, 5.74) is 0.158. The minimum atomic E-state index is -4.52. The van der Waals surface area contributed by atoms with E-state index in [4.69, 9.17) is 11.6 Å². The lowest BCUT2D eigenvalue weighted by Crippen LogP contribution is -2.34. The van der Waals surface area contributed by atoms with Gasteiger partial charge in [-0.25, -0.2) is 0 Å². The van der Waals surface area contributed by atoms with Gasteiger partial charge in [-0.1, -0.05) is 23.7 Å². The number of H-pyrrole nitrogens is 1. The molecule has 3 N–H and O–H groups in total. The van der Waals surface area contributed by atoms with E-state index in [0.717, 1.165) is 0 Å². The SMILES string of the molecule is O=C(Nc1ccccc1C(=O)NCC(F)(F)F)c1cc(Cl)c[nH]1. The average Bonchev–Trinajstić information content (AvgIpc) is 2.91. The van der Waals surface area contributed by atoms with Crippen molar-refractivity contribution in [3.05, 3.63) is 52.8 Å². The molecule has 0 saturated carbocycles. The van der Waals surface area contributed by atoms with Gasteiger partial charge in [0.25, 0.3) is 11.8 Å². The molecule has 0 radical (unpaired) electrons. The van der Waals surface area contributed by atoms with E-state index < -0.39 is 24.5 Å². The van der Waals surface area contributed by atoms with Crippen molar-refractivity contribution in [2.75, 3.05) is 11.9 Å². The molecule has 2 aromatic rings. The molecule has 122 valence electrons. The van der Waals surface area contributed by atoms with Crippen LogP contribution >= 0.6 is 11.6 Å². The third kappa shape index (κ3) is 4.75. The van der Waals surface area contributed by atoms with Crippen molar-refractivity contribution in [3.63, 3.8) is 0 Å². The number of halogens is 4. The molecule has 9 heteroatoms. The number of hydrogen-bond acceptors (Lipinski definition) is 2. The van der Waals surface area contributed by atoms with E-state index >= 15 is 0 Å². The van der Waals surface area contributed by atoms with Gasteiger partial charge in [0.05, 0.1) is 16.3 Å². The lowest BCUT2D eigenvalue weighted by Gasteiger charge is -2.12. The van der Waals surface area contributed by atoms with Crippen LogP contribution in [0.4, 0.5) is 18.9 Å². The fraction of sp³-hybridized carbons (Fsp3) is 0.143. The molecule has 0 saturated heterocycles. The molecule has 5 nitrogen and oxygen atoms in total. The van der Waals surface area contributed by atoms with Gasteiger partial charge in [0.1, 0.15) is 12.2 Å². The Kier molecular flexibility index (Phi) is 4.95. The van der Waals surface area contributed by atoms with Crippen LogP contribution in [0.3, 0.4) is 0 Å². The number of aromatic amines is 1. The molecule has 0 aliphatic rings. The highest BCUT2D eigenvalue weighted by molar-refractivity contribution is 6.31. The van der Waals surface area contributed by atoms with Crippen LogP contribution in [0.25, 0.3) is 0 Å². The Balaban J connectivity index is 2.14. The van der Waals surface area contributed by atoms with Gasteiger partial charge < -0.3 is 15.6 Å². The number of hydrogen-bond donors (Lipinski definition) is 3. The van der Waals surface area contributed by atoms with Gasteiger partial charge in [0.2, 0.25) is 0 Å². The van der Waals surface area contributed by atoms with Crippen LogP contribution in [-0.4, -0.2) is 29.5 Å². The van der Waals surface area contributed by atoms with Crippen molar-refractivity contribution in [2.45, 2.75) is 6.18 Å². The molecule has 1 heterocycles. The van der Waals surface area contributed by atoms with E-state index in [2.05, 4.69) is 10.3 Å². The number of anilines is 1. The molecule has 0 unspecified atom stereocenters. The van der Waals surface area contributed by atoms with Crippen molar-refractivity contribution in [3.8, 4) is 0 Å². The molecular formula is C14H11ClF3N3O2. The van der Waals surface area contributed by atoms with Crippen LogP contribution in [0.2, 0.25) is 5.02 Å². The van der Waals surface area contributed by atoms with Crippen molar-refractivity contribution >= 4 is 29.1 Å². The maximum atomic E-state index is 12.2. The fourth-order valence-corrected chi connectivity index (χ4v) is 1.92. The summed E-state index contributed by atoms with van der Waals surface area (Å²) in [6.45, 7) is -1.46. The molecule has 0 aliphatic heterocycles. The Hall–Kier alpha value is -2.48. The summed E-state index contributed by atoms with van der Waals surface area (Å²) in [5.74, 6) is -1.52. The van der Waals surface area contributed by atoms with Crippen LogP contribution in [0.1, 0.15) is 20.8 Å². The number of nitrogens with one attached hydrogen (secondary N) is 3. The van der Waals surface area contributed by atoms with Gasteiger partial charge in [-0.2, -0.15) is 13.2 Å². The second-order valence-electron chi connectivity index (χ2n) is 4.53. The first-order chi connectivity index (χ1) is 10.8. The fourth-order valence-electron chi connectivity index (χ4n) is 1.75. The summed E-state index contributed by atoms with van der Waals surface area (Å²) in [5, 5.41) is 4.52. The molecule has 23 heavy (non-hydrogen) atoms. The van der Waals surface area contributed by atoms with E-state index in [1.165, 1.54) is 36.5 Å². The molecule has 0 spiro atoms. The molecular weight excluding hydrogens is 335 g/mol. The smallest absolute Gasteiger partial charge is 0.356 e. The first-order valence-electron chi connectivity index (χ1n) is 6.35. The minimum Gasteiger partial charge on any atom is -0.356 e. The van der Waals surface area contributed by atoms with Crippen molar-refractivity contribution in [2.24, 2.45) is 0 Å². The van der Waals surface area contributed by atoms with Crippen LogP contribution in [0.15, 0.2) is 36.5 Å². The number of carbonyl (C=O) groups excluding carboxylic acids is 2. The second-order valence-corrected chi connectivity index (χ2v) is 4.97. The average molecular weight is 346 g/mol. The Bertz CT molecular complexity index is 728. The standard InChI is InChI=1S/C14H11ClF3N3O2/c15-8-5-11(19-6-8)13(23)21-10-4-2-1-3-9(10)12(22)20-7-14(16,17)18/h1-6,19H,7H2,(H,20,22)(H,21,23). The molecule has 1 aromatic carbocycles. The Morgan fingerprint density at radius 3 is 2.48 bits per heavy atom. The van der Waals surface area contributed by atoms with Gasteiger partial charge in [-0.15, -0.1) is 0 Å². The van der Waals surface area contributed by atoms with Crippen molar-refractivity contribution in [1.82, 2.24) is 10.3 Å². The van der Waals surface area contributed by atoms with Gasteiger partial charge >= 0.3 is 6.18 Å². The Morgan fingerprint density at radius 1 is 1.17 bits per heavy atom. The second kappa shape index (κ2) is 6.74. The predicted octanol–water partition coefficient (Wildman–Crippen LogP) is 3.21. The highest BCUT2D eigenvalue weighted by Gasteiger charge is 2.28. The maximum absolute atomic E-state index is 12.2. The number of para-hydroxylation sites is 1. The molecule has 0 bridgehead atoms. The third-order valence-corrected chi connectivity index (χ3v) is 2.98. The summed E-state index contributed by atoms with van der Waals surface area (Å²) < 4.78 is 36.5. The lowest BCUT2D eigenvalue weighted by atomic mass is 10.1. The molecule has 1 aromatic heterocycles. The first kappa shape index (κ1) is 16.9. The summed E-state index contributed by atoms with van der Waals surface area (Å²) in [6, 6.07) is 7.11. The number of alkyl halides is 3. The van der Waals surface area contributed by atoms with Crippen molar-refractivity contribution in [1.29, 1.82) is 0 Å². The van der Waals surface area contributed by atoms with Gasteiger partial charge in [-0.05, 0) is 18.2 Å².